The minimum absolute atomic E-state index is 0.554. The molecular weight excluding hydrogens is 282 g/mol. The number of rotatable bonds is 3. The normalized spacial score (nSPS) is 16.7. The number of benzene rings is 1. The van der Waals surface area contributed by atoms with Crippen molar-refractivity contribution >= 4 is 23.4 Å². The quantitative estimate of drug-likeness (QED) is 0.871. The number of aromatic nitrogens is 2. The zero-order chi connectivity index (χ0) is 13.1. The molecule has 4 nitrogen and oxygen atoms in total. The molecule has 0 N–H and O–H groups in total. The summed E-state index contributed by atoms with van der Waals surface area (Å²) in [5, 5.41) is 4.74. The van der Waals surface area contributed by atoms with Crippen LogP contribution in [0.5, 0.6) is 0 Å². The minimum atomic E-state index is 0.554. The monoisotopic (exact) mass is 295 g/mol. The third-order valence-electron chi connectivity index (χ3n) is 3.03. The van der Waals surface area contributed by atoms with Gasteiger partial charge in [-0.05, 0) is 24.3 Å². The van der Waals surface area contributed by atoms with Gasteiger partial charge in [0.25, 0.3) is 5.89 Å². The van der Waals surface area contributed by atoms with Crippen molar-refractivity contribution < 1.29 is 4.52 Å². The van der Waals surface area contributed by atoms with Gasteiger partial charge >= 0.3 is 0 Å². The van der Waals surface area contributed by atoms with Crippen LogP contribution in [0.4, 0.5) is 0 Å². The number of thioether (sulfide) groups is 1. The molecule has 0 saturated carbocycles. The van der Waals surface area contributed by atoms with Gasteiger partial charge in [0.2, 0.25) is 0 Å². The Bertz CT molecular complexity index is 537. The van der Waals surface area contributed by atoms with Crippen LogP contribution in [0.15, 0.2) is 28.8 Å². The van der Waals surface area contributed by atoms with Crippen molar-refractivity contribution in [3.8, 4) is 11.5 Å². The number of hydrogen-bond acceptors (Lipinski definition) is 5. The van der Waals surface area contributed by atoms with Crippen molar-refractivity contribution in [1.82, 2.24) is 15.0 Å². The Labute approximate surface area is 121 Å². The molecule has 0 amide bonds. The molecule has 2 aromatic rings. The second kappa shape index (κ2) is 5.94. The number of hydrogen-bond donors (Lipinski definition) is 0. The number of halogens is 1. The maximum atomic E-state index is 5.86. The van der Waals surface area contributed by atoms with Gasteiger partial charge in [-0.1, -0.05) is 16.8 Å². The SMILES string of the molecule is Clc1ccc(-c2nc(CN3CCSCC3)no2)cc1. The molecule has 1 aliphatic rings. The lowest BCUT2D eigenvalue weighted by Gasteiger charge is -2.24. The third-order valence-corrected chi connectivity index (χ3v) is 4.22. The molecule has 0 aliphatic carbocycles. The van der Waals surface area contributed by atoms with E-state index in [1.165, 1.54) is 11.5 Å². The number of nitrogens with zero attached hydrogens (tertiary/aromatic N) is 3. The predicted octanol–water partition coefficient (Wildman–Crippen LogP) is 2.94. The first-order chi connectivity index (χ1) is 9.31. The van der Waals surface area contributed by atoms with E-state index in [9.17, 15) is 0 Å². The maximum absolute atomic E-state index is 5.86. The van der Waals surface area contributed by atoms with Crippen LogP contribution in [0.1, 0.15) is 5.82 Å². The highest BCUT2D eigenvalue weighted by Gasteiger charge is 2.15. The van der Waals surface area contributed by atoms with E-state index >= 15 is 0 Å². The average molecular weight is 296 g/mol. The fraction of sp³-hybridized carbons (Fsp3) is 0.385. The second-order valence-electron chi connectivity index (χ2n) is 4.41. The van der Waals surface area contributed by atoms with Gasteiger partial charge in [0.1, 0.15) is 0 Å². The van der Waals surface area contributed by atoms with Crippen LogP contribution in [-0.4, -0.2) is 39.6 Å². The van der Waals surface area contributed by atoms with E-state index in [-0.39, 0.29) is 0 Å². The summed E-state index contributed by atoms with van der Waals surface area (Å²) < 4.78 is 5.30. The molecule has 2 heterocycles. The lowest BCUT2D eigenvalue weighted by molar-refractivity contribution is 0.281. The van der Waals surface area contributed by atoms with Gasteiger partial charge in [-0.2, -0.15) is 16.7 Å². The van der Waals surface area contributed by atoms with E-state index in [4.69, 9.17) is 16.1 Å². The van der Waals surface area contributed by atoms with Crippen LogP contribution in [0.25, 0.3) is 11.5 Å². The van der Waals surface area contributed by atoms with Gasteiger partial charge in [0.15, 0.2) is 5.82 Å². The molecule has 1 aliphatic heterocycles. The summed E-state index contributed by atoms with van der Waals surface area (Å²) in [6.07, 6.45) is 0. The summed E-state index contributed by atoms with van der Waals surface area (Å²) in [6, 6.07) is 7.42. The van der Waals surface area contributed by atoms with Gasteiger partial charge < -0.3 is 4.52 Å². The summed E-state index contributed by atoms with van der Waals surface area (Å²) in [5.41, 5.74) is 0.900. The van der Waals surface area contributed by atoms with Crippen molar-refractivity contribution in [3.05, 3.63) is 35.1 Å². The third kappa shape index (κ3) is 3.29. The Kier molecular flexibility index (Phi) is 4.06. The highest BCUT2D eigenvalue weighted by Crippen LogP contribution is 2.20. The van der Waals surface area contributed by atoms with Gasteiger partial charge in [-0.3, -0.25) is 4.90 Å². The zero-order valence-electron chi connectivity index (χ0n) is 10.4. The molecule has 6 heteroatoms. The molecule has 0 spiro atoms. The molecule has 1 aromatic heterocycles. The largest absolute Gasteiger partial charge is 0.334 e. The van der Waals surface area contributed by atoms with E-state index in [1.54, 1.807) is 0 Å². The van der Waals surface area contributed by atoms with Crippen LogP contribution >= 0.6 is 23.4 Å². The summed E-state index contributed by atoms with van der Waals surface area (Å²) in [4.78, 5) is 6.79. The van der Waals surface area contributed by atoms with Crippen LogP contribution in [0.3, 0.4) is 0 Å². The Morgan fingerprint density at radius 1 is 1.21 bits per heavy atom. The summed E-state index contributed by atoms with van der Waals surface area (Å²) in [5.74, 6) is 3.67. The summed E-state index contributed by atoms with van der Waals surface area (Å²) >= 11 is 7.85. The standard InChI is InChI=1S/C13H14ClN3OS/c14-11-3-1-10(2-4-11)13-15-12(16-18-13)9-17-5-7-19-8-6-17/h1-4H,5-9H2. The van der Waals surface area contributed by atoms with Crippen LogP contribution in [-0.2, 0) is 6.54 Å². The van der Waals surface area contributed by atoms with Gasteiger partial charge in [-0.15, -0.1) is 0 Å². The van der Waals surface area contributed by atoms with Crippen molar-refractivity contribution in [2.24, 2.45) is 0 Å². The first-order valence-electron chi connectivity index (χ1n) is 6.20. The van der Waals surface area contributed by atoms with Crippen LogP contribution < -0.4 is 0 Å². The molecule has 0 unspecified atom stereocenters. The zero-order valence-corrected chi connectivity index (χ0v) is 12.0. The summed E-state index contributed by atoms with van der Waals surface area (Å²) in [7, 11) is 0. The first-order valence-corrected chi connectivity index (χ1v) is 7.73. The lowest BCUT2D eigenvalue weighted by Crippen LogP contribution is -2.32. The first kappa shape index (κ1) is 13.0. The molecule has 0 bridgehead atoms. The van der Waals surface area contributed by atoms with Gasteiger partial charge in [0.05, 0.1) is 6.54 Å². The molecule has 1 saturated heterocycles. The molecule has 19 heavy (non-hydrogen) atoms. The van der Waals surface area contributed by atoms with E-state index in [1.807, 2.05) is 36.0 Å². The fourth-order valence-corrected chi connectivity index (χ4v) is 3.09. The minimum Gasteiger partial charge on any atom is -0.334 e. The van der Waals surface area contributed by atoms with Gasteiger partial charge in [0, 0.05) is 35.2 Å². The van der Waals surface area contributed by atoms with Crippen LogP contribution in [0.2, 0.25) is 5.02 Å². The second-order valence-corrected chi connectivity index (χ2v) is 6.07. The molecule has 3 rings (SSSR count). The van der Waals surface area contributed by atoms with Crippen molar-refractivity contribution in [2.75, 3.05) is 24.6 Å². The topological polar surface area (TPSA) is 42.2 Å². The van der Waals surface area contributed by atoms with Crippen molar-refractivity contribution in [1.29, 1.82) is 0 Å². The molecular formula is C13H14ClN3OS. The molecule has 1 fully saturated rings. The molecule has 100 valence electrons. The van der Waals surface area contributed by atoms with E-state index in [0.717, 1.165) is 31.0 Å². The van der Waals surface area contributed by atoms with Crippen molar-refractivity contribution in [2.45, 2.75) is 6.54 Å². The molecule has 0 radical (unpaired) electrons. The van der Waals surface area contributed by atoms with Crippen molar-refractivity contribution in [3.63, 3.8) is 0 Å². The predicted molar refractivity (Wildman–Crippen MR) is 77.3 cm³/mol. The molecule has 1 aromatic carbocycles. The summed E-state index contributed by atoms with van der Waals surface area (Å²) in [6.45, 7) is 2.95. The Morgan fingerprint density at radius 2 is 1.95 bits per heavy atom. The van der Waals surface area contributed by atoms with E-state index < -0.39 is 0 Å². The maximum Gasteiger partial charge on any atom is 0.257 e. The average Bonchev–Trinajstić information content (AvgIpc) is 2.89. The highest BCUT2D eigenvalue weighted by molar-refractivity contribution is 7.99. The highest BCUT2D eigenvalue weighted by atomic mass is 35.5. The van der Waals surface area contributed by atoms with E-state index in [0.29, 0.717) is 10.9 Å². The Hall–Kier alpha value is -1.04. The smallest absolute Gasteiger partial charge is 0.257 e. The van der Waals surface area contributed by atoms with E-state index in [2.05, 4.69) is 15.0 Å². The lowest BCUT2D eigenvalue weighted by atomic mass is 10.2. The molecule has 0 atom stereocenters. The van der Waals surface area contributed by atoms with Crippen LogP contribution in [0, 0.1) is 0 Å². The van der Waals surface area contributed by atoms with Gasteiger partial charge in [-0.25, -0.2) is 0 Å². The fourth-order valence-electron chi connectivity index (χ4n) is 1.99. The Morgan fingerprint density at radius 3 is 2.68 bits per heavy atom. The Balaban J connectivity index is 1.70.